The van der Waals surface area contributed by atoms with Crippen LogP contribution in [0.25, 0.3) is 82.5 Å². The highest BCUT2D eigenvalue weighted by molar-refractivity contribution is 6.17. The molecule has 1 aliphatic rings. The Labute approximate surface area is 243 Å². The normalized spacial score (nSPS) is 13.0. The van der Waals surface area contributed by atoms with E-state index in [1.165, 1.54) is 65.0 Å². The zero-order valence-corrected chi connectivity index (χ0v) is 23.0. The molecular weight excluding hydrogens is 508 g/mol. The van der Waals surface area contributed by atoms with Crippen molar-refractivity contribution >= 4 is 59.9 Å². The molecule has 2 heteroatoms. The van der Waals surface area contributed by atoms with E-state index < -0.39 is 0 Å². The first-order valence-electron chi connectivity index (χ1n) is 14.6. The minimum atomic E-state index is 0.889. The summed E-state index contributed by atoms with van der Waals surface area (Å²) in [7, 11) is 0. The maximum Gasteiger partial charge on any atom is 0.0892 e. The third-order valence-electron chi connectivity index (χ3n) is 8.93. The van der Waals surface area contributed by atoms with Crippen LogP contribution in [-0.2, 0) is 6.42 Å². The van der Waals surface area contributed by atoms with Crippen molar-refractivity contribution < 1.29 is 0 Å². The Balaban J connectivity index is 1.26. The van der Waals surface area contributed by atoms with Crippen molar-refractivity contribution in [2.75, 3.05) is 0 Å². The molecule has 0 amide bonds. The van der Waals surface area contributed by atoms with Gasteiger partial charge in [0.1, 0.15) is 0 Å². The van der Waals surface area contributed by atoms with Gasteiger partial charge in [-0.25, -0.2) is 0 Å². The van der Waals surface area contributed by atoms with Crippen molar-refractivity contribution in [2.45, 2.75) is 12.8 Å². The summed E-state index contributed by atoms with van der Waals surface area (Å²) in [5.74, 6) is 0. The van der Waals surface area contributed by atoms with Crippen LogP contribution in [-0.4, -0.2) is 9.97 Å². The van der Waals surface area contributed by atoms with Gasteiger partial charge in [-0.2, -0.15) is 0 Å². The van der Waals surface area contributed by atoms with Gasteiger partial charge >= 0.3 is 0 Å². The predicted molar refractivity (Wildman–Crippen MR) is 178 cm³/mol. The minimum Gasteiger partial charge on any atom is -0.252 e. The summed E-state index contributed by atoms with van der Waals surface area (Å²) >= 11 is 0. The van der Waals surface area contributed by atoms with E-state index >= 15 is 0 Å². The molecular formula is C40H26N2. The number of hydrogen-bond donors (Lipinski definition) is 0. The minimum absolute atomic E-state index is 0.889. The van der Waals surface area contributed by atoms with Gasteiger partial charge in [0, 0.05) is 11.1 Å². The Morgan fingerprint density at radius 2 is 0.976 bits per heavy atom. The fourth-order valence-electron chi connectivity index (χ4n) is 6.85. The third kappa shape index (κ3) is 3.59. The van der Waals surface area contributed by atoms with Gasteiger partial charge in [-0.1, -0.05) is 84.9 Å². The van der Waals surface area contributed by atoms with Gasteiger partial charge in [-0.3, -0.25) is 9.97 Å². The number of nitrogens with zero attached hydrogens (tertiary/aromatic N) is 2. The van der Waals surface area contributed by atoms with E-state index in [1.54, 1.807) is 0 Å². The zero-order valence-electron chi connectivity index (χ0n) is 23.0. The van der Waals surface area contributed by atoms with Gasteiger partial charge < -0.3 is 0 Å². The fourth-order valence-corrected chi connectivity index (χ4v) is 6.85. The molecule has 1 heterocycles. The molecule has 0 atom stereocenters. The predicted octanol–water partition coefficient (Wildman–Crippen LogP) is 10.5. The average molecular weight is 535 g/mol. The van der Waals surface area contributed by atoms with Crippen LogP contribution < -0.4 is 0 Å². The Morgan fingerprint density at radius 1 is 0.452 bits per heavy atom. The van der Waals surface area contributed by atoms with Gasteiger partial charge in [0.2, 0.25) is 0 Å². The highest BCUT2D eigenvalue weighted by Crippen LogP contribution is 2.39. The number of fused-ring (bicyclic) bond motifs is 8. The lowest BCUT2D eigenvalue weighted by molar-refractivity contribution is 0.990. The van der Waals surface area contributed by atoms with Gasteiger partial charge in [0.15, 0.2) is 0 Å². The summed E-state index contributed by atoms with van der Waals surface area (Å²) in [5.41, 5.74) is 6.78. The Bertz CT molecular complexity index is 2400. The molecule has 0 N–H and O–H groups in total. The van der Waals surface area contributed by atoms with Gasteiger partial charge in [-0.05, 0) is 114 Å². The van der Waals surface area contributed by atoms with E-state index in [0.717, 1.165) is 35.4 Å². The van der Waals surface area contributed by atoms with Crippen LogP contribution in [0.2, 0.25) is 0 Å². The first kappa shape index (κ1) is 23.4. The highest BCUT2D eigenvalue weighted by atomic mass is 14.8. The summed E-state index contributed by atoms with van der Waals surface area (Å²) in [6, 6.07) is 39.7. The van der Waals surface area contributed by atoms with Crippen LogP contribution in [0.1, 0.15) is 17.5 Å². The second-order valence-corrected chi connectivity index (χ2v) is 11.4. The number of rotatable bonds is 2. The van der Waals surface area contributed by atoms with Crippen molar-refractivity contribution in [3.8, 4) is 22.5 Å². The van der Waals surface area contributed by atoms with Crippen molar-refractivity contribution in [2.24, 2.45) is 0 Å². The van der Waals surface area contributed by atoms with Crippen LogP contribution in [0.5, 0.6) is 0 Å². The van der Waals surface area contributed by atoms with Crippen molar-refractivity contribution in [3.63, 3.8) is 0 Å². The van der Waals surface area contributed by atoms with Crippen molar-refractivity contribution in [1.29, 1.82) is 0 Å². The number of hydrogen-bond acceptors (Lipinski definition) is 2. The maximum atomic E-state index is 5.07. The second kappa shape index (κ2) is 9.09. The molecule has 7 aromatic carbocycles. The van der Waals surface area contributed by atoms with Gasteiger partial charge in [-0.15, -0.1) is 0 Å². The largest absolute Gasteiger partial charge is 0.252 e. The summed E-state index contributed by atoms with van der Waals surface area (Å²) in [6.07, 6.45) is 10.6. The molecule has 0 bridgehead atoms. The molecule has 196 valence electrons. The number of aryl methyl sites for hydroxylation is 1. The van der Waals surface area contributed by atoms with Crippen LogP contribution in [0, 0.1) is 0 Å². The molecule has 0 fully saturated rings. The lowest BCUT2D eigenvalue weighted by atomic mass is 9.87. The van der Waals surface area contributed by atoms with E-state index in [1.807, 2.05) is 12.4 Å². The van der Waals surface area contributed by atoms with Crippen LogP contribution in [0.15, 0.2) is 128 Å². The molecule has 1 aromatic heterocycles. The monoisotopic (exact) mass is 534 g/mol. The van der Waals surface area contributed by atoms with E-state index in [0.29, 0.717) is 0 Å². The summed E-state index contributed by atoms with van der Waals surface area (Å²) in [6.45, 7) is 0. The molecule has 0 saturated carbocycles. The smallest absolute Gasteiger partial charge is 0.0892 e. The van der Waals surface area contributed by atoms with Gasteiger partial charge in [0.05, 0.1) is 23.8 Å². The standard InChI is InChI=1S/C40H26N2/c1-3-11-27-19-35-33(17-25(27)9-1)31-15-7-5-13-29(31)21-37(35)39-23-42-40(24-41-39)38-22-30-14-6-8-16-32(30)34-18-26-10-2-4-12-28(26)20-36(34)38/h1-5,7-13,15-24H,6,14H2. The summed E-state index contributed by atoms with van der Waals surface area (Å²) in [5, 5.41) is 12.4. The lowest BCUT2D eigenvalue weighted by Crippen LogP contribution is -1.99. The Morgan fingerprint density at radius 3 is 1.62 bits per heavy atom. The highest BCUT2D eigenvalue weighted by Gasteiger charge is 2.17. The van der Waals surface area contributed by atoms with Crippen LogP contribution in [0.4, 0.5) is 0 Å². The van der Waals surface area contributed by atoms with E-state index in [4.69, 9.17) is 9.97 Å². The number of aromatic nitrogens is 2. The zero-order chi connectivity index (χ0) is 27.6. The molecule has 0 saturated heterocycles. The Hall–Kier alpha value is -5.34. The third-order valence-corrected chi connectivity index (χ3v) is 8.93. The van der Waals surface area contributed by atoms with Gasteiger partial charge in [0.25, 0.3) is 0 Å². The Kier molecular flexibility index (Phi) is 5.06. The molecule has 42 heavy (non-hydrogen) atoms. The van der Waals surface area contributed by atoms with E-state index in [9.17, 15) is 0 Å². The molecule has 0 spiro atoms. The molecule has 1 aliphatic carbocycles. The van der Waals surface area contributed by atoms with Crippen LogP contribution in [0.3, 0.4) is 0 Å². The molecule has 8 aromatic rings. The second-order valence-electron chi connectivity index (χ2n) is 11.4. The van der Waals surface area contributed by atoms with Crippen LogP contribution >= 0.6 is 0 Å². The lowest BCUT2D eigenvalue weighted by Gasteiger charge is -2.18. The maximum absolute atomic E-state index is 5.07. The molecule has 2 nitrogen and oxygen atoms in total. The molecule has 9 rings (SSSR count). The number of allylic oxidation sites excluding steroid dienone is 1. The topological polar surface area (TPSA) is 25.8 Å². The number of benzene rings is 7. The summed E-state index contributed by atoms with van der Waals surface area (Å²) < 4.78 is 0. The molecule has 0 unspecified atom stereocenters. The SMILES string of the molecule is C1=Cc2c(cc(-c3cnc(-c4cc5ccccc5c5cc6ccccc6cc45)cn3)c3cc4ccccc4cc23)CC1. The van der Waals surface area contributed by atoms with E-state index in [2.05, 4.69) is 121 Å². The average Bonchev–Trinajstić information content (AvgIpc) is 3.06. The fraction of sp³-hybridized carbons (Fsp3) is 0.0500. The molecule has 0 radical (unpaired) electrons. The van der Waals surface area contributed by atoms with E-state index in [-0.39, 0.29) is 0 Å². The van der Waals surface area contributed by atoms with Crippen molar-refractivity contribution in [3.05, 3.63) is 139 Å². The summed E-state index contributed by atoms with van der Waals surface area (Å²) in [4.78, 5) is 10.1. The first-order valence-corrected chi connectivity index (χ1v) is 14.6. The van der Waals surface area contributed by atoms with Crippen molar-refractivity contribution in [1.82, 2.24) is 9.97 Å². The first-order chi connectivity index (χ1) is 20.8. The molecule has 0 aliphatic heterocycles. The quantitative estimate of drug-likeness (QED) is 0.163.